The molecule has 0 aliphatic carbocycles. The van der Waals surface area contributed by atoms with Crippen LogP contribution in [-0.4, -0.2) is 23.9 Å². The van der Waals surface area contributed by atoms with Crippen molar-refractivity contribution >= 4 is 27.7 Å². The molecule has 0 fully saturated rings. The molecule has 3 aromatic rings. The van der Waals surface area contributed by atoms with Crippen LogP contribution in [0.15, 0.2) is 56.6 Å². The predicted octanol–water partition coefficient (Wildman–Crippen LogP) is 4.65. The van der Waals surface area contributed by atoms with Crippen LogP contribution in [0.3, 0.4) is 0 Å². The first-order chi connectivity index (χ1) is 12.7. The number of halogens is 1. The Morgan fingerprint density at radius 2 is 2.04 bits per heavy atom. The smallest absolute Gasteiger partial charge is 0.277 e. The highest BCUT2D eigenvalue weighted by Gasteiger charge is 2.27. The Bertz CT molecular complexity index is 918. The van der Waals surface area contributed by atoms with Crippen molar-refractivity contribution < 1.29 is 18.6 Å². The molecule has 134 valence electrons. The van der Waals surface area contributed by atoms with Crippen molar-refractivity contribution in [2.75, 3.05) is 13.7 Å². The summed E-state index contributed by atoms with van der Waals surface area (Å²) < 4.78 is 23.5. The van der Waals surface area contributed by atoms with Crippen molar-refractivity contribution in [3.8, 4) is 17.2 Å². The minimum absolute atomic E-state index is 0.342. The second-order valence-corrected chi connectivity index (χ2v) is 7.31. The highest BCUT2D eigenvalue weighted by atomic mass is 79.9. The molecule has 26 heavy (non-hydrogen) atoms. The summed E-state index contributed by atoms with van der Waals surface area (Å²) in [7, 11) is 1.64. The summed E-state index contributed by atoms with van der Waals surface area (Å²) in [4.78, 5) is 0. The minimum atomic E-state index is -0.401. The van der Waals surface area contributed by atoms with Crippen LogP contribution in [0.2, 0.25) is 0 Å². The molecule has 1 atom stereocenters. The molecular formula is C18H15BrN2O4S. The van der Waals surface area contributed by atoms with Crippen LogP contribution in [0.5, 0.6) is 17.2 Å². The molecule has 0 N–H and O–H groups in total. The van der Waals surface area contributed by atoms with E-state index in [0.29, 0.717) is 29.2 Å². The van der Waals surface area contributed by atoms with E-state index in [4.69, 9.17) is 18.6 Å². The standard InChI is InChI=1S/C18H15BrN2O4S/c1-22-13-7-6-11(8-12(13)19)10-26-18-21-20-17(25-18)16-9-23-14-4-2-3-5-15(14)24-16/h2-8,16H,9-10H2,1H3. The van der Waals surface area contributed by atoms with Crippen LogP contribution in [0, 0.1) is 0 Å². The lowest BCUT2D eigenvalue weighted by Gasteiger charge is -2.23. The fourth-order valence-electron chi connectivity index (χ4n) is 2.49. The fourth-order valence-corrected chi connectivity index (χ4v) is 3.80. The molecule has 1 aliphatic heterocycles. The molecule has 6 nitrogen and oxygen atoms in total. The molecule has 1 aromatic heterocycles. The van der Waals surface area contributed by atoms with Crippen molar-refractivity contribution in [2.24, 2.45) is 0 Å². The van der Waals surface area contributed by atoms with E-state index < -0.39 is 6.10 Å². The van der Waals surface area contributed by atoms with Crippen LogP contribution in [0.1, 0.15) is 17.6 Å². The Labute approximate surface area is 163 Å². The molecule has 1 aliphatic rings. The Kier molecular flexibility index (Phi) is 5.03. The summed E-state index contributed by atoms with van der Waals surface area (Å²) in [6.07, 6.45) is -0.401. The molecule has 0 saturated carbocycles. The highest BCUT2D eigenvalue weighted by Crippen LogP contribution is 2.36. The van der Waals surface area contributed by atoms with E-state index >= 15 is 0 Å². The van der Waals surface area contributed by atoms with E-state index in [9.17, 15) is 0 Å². The van der Waals surface area contributed by atoms with E-state index in [1.54, 1.807) is 7.11 Å². The third-order valence-corrected chi connectivity index (χ3v) is 5.29. The number of para-hydroxylation sites is 2. The van der Waals surface area contributed by atoms with Gasteiger partial charge in [-0.1, -0.05) is 30.0 Å². The van der Waals surface area contributed by atoms with Gasteiger partial charge in [-0.25, -0.2) is 0 Å². The number of methoxy groups -OCH3 is 1. The average molecular weight is 435 g/mol. The number of rotatable bonds is 5. The lowest BCUT2D eigenvalue weighted by Crippen LogP contribution is -2.21. The molecule has 2 heterocycles. The zero-order valence-corrected chi connectivity index (χ0v) is 16.2. The number of hydrogen-bond donors (Lipinski definition) is 0. The fraction of sp³-hybridized carbons (Fsp3) is 0.222. The first-order valence-corrected chi connectivity index (χ1v) is 9.68. The largest absolute Gasteiger partial charge is 0.496 e. The van der Waals surface area contributed by atoms with E-state index in [2.05, 4.69) is 26.1 Å². The zero-order valence-electron chi connectivity index (χ0n) is 13.8. The Balaban J connectivity index is 1.40. The molecule has 0 amide bonds. The van der Waals surface area contributed by atoms with E-state index in [-0.39, 0.29) is 0 Å². The molecule has 4 rings (SSSR count). The number of ether oxygens (including phenoxy) is 3. The molecule has 0 radical (unpaired) electrons. The van der Waals surface area contributed by atoms with Crippen LogP contribution in [-0.2, 0) is 5.75 Å². The van der Waals surface area contributed by atoms with Gasteiger partial charge in [0, 0.05) is 5.75 Å². The lowest BCUT2D eigenvalue weighted by molar-refractivity contribution is 0.0686. The number of hydrogen-bond acceptors (Lipinski definition) is 7. The number of aromatic nitrogens is 2. The topological polar surface area (TPSA) is 66.6 Å². The summed E-state index contributed by atoms with van der Waals surface area (Å²) in [5, 5.41) is 8.69. The normalized spacial score (nSPS) is 15.7. The van der Waals surface area contributed by atoms with Gasteiger partial charge in [-0.3, -0.25) is 0 Å². The maximum Gasteiger partial charge on any atom is 0.277 e. The van der Waals surface area contributed by atoms with Gasteiger partial charge in [-0.2, -0.15) is 0 Å². The monoisotopic (exact) mass is 434 g/mol. The van der Waals surface area contributed by atoms with Crippen molar-refractivity contribution in [1.29, 1.82) is 0 Å². The van der Waals surface area contributed by atoms with Gasteiger partial charge in [0.05, 0.1) is 11.6 Å². The van der Waals surface area contributed by atoms with E-state index in [1.807, 2.05) is 42.5 Å². The SMILES string of the molecule is COc1ccc(CSc2nnc(C3COc4ccccc4O3)o2)cc1Br. The second-order valence-electron chi connectivity index (χ2n) is 5.53. The number of thioether (sulfide) groups is 1. The third-order valence-electron chi connectivity index (χ3n) is 3.78. The van der Waals surface area contributed by atoms with E-state index in [1.165, 1.54) is 11.8 Å². The van der Waals surface area contributed by atoms with Gasteiger partial charge in [0.25, 0.3) is 11.1 Å². The molecule has 0 spiro atoms. The van der Waals surface area contributed by atoms with Gasteiger partial charge in [0.2, 0.25) is 6.10 Å². The third kappa shape index (κ3) is 3.66. The summed E-state index contributed by atoms with van der Waals surface area (Å²) in [6.45, 7) is 0.342. The number of nitrogens with zero attached hydrogens (tertiary/aromatic N) is 2. The maximum atomic E-state index is 5.88. The molecule has 8 heteroatoms. The first kappa shape index (κ1) is 17.2. The summed E-state index contributed by atoms with van der Waals surface area (Å²) in [6, 6.07) is 13.5. The first-order valence-electron chi connectivity index (χ1n) is 7.90. The Hall–Kier alpha value is -2.19. The molecule has 0 saturated heterocycles. The summed E-state index contributed by atoms with van der Waals surface area (Å²) in [5.74, 6) is 3.32. The van der Waals surface area contributed by atoms with Crippen molar-refractivity contribution in [3.63, 3.8) is 0 Å². The Morgan fingerprint density at radius 1 is 1.19 bits per heavy atom. The van der Waals surface area contributed by atoms with Crippen molar-refractivity contribution in [1.82, 2.24) is 10.2 Å². The lowest BCUT2D eigenvalue weighted by atomic mass is 10.2. The molecule has 2 aromatic carbocycles. The molecule has 0 bridgehead atoms. The van der Waals surface area contributed by atoms with Crippen LogP contribution in [0.4, 0.5) is 0 Å². The van der Waals surface area contributed by atoms with Crippen molar-refractivity contribution in [2.45, 2.75) is 17.1 Å². The van der Waals surface area contributed by atoms with Gasteiger partial charge < -0.3 is 18.6 Å². The zero-order chi connectivity index (χ0) is 17.9. The molecule has 1 unspecified atom stereocenters. The summed E-state index contributed by atoms with van der Waals surface area (Å²) in [5.41, 5.74) is 1.12. The second kappa shape index (κ2) is 7.59. The van der Waals surface area contributed by atoms with Gasteiger partial charge in [0.15, 0.2) is 11.5 Å². The minimum Gasteiger partial charge on any atom is -0.496 e. The van der Waals surface area contributed by atoms with Gasteiger partial charge >= 0.3 is 0 Å². The Morgan fingerprint density at radius 3 is 2.85 bits per heavy atom. The summed E-state index contributed by atoms with van der Waals surface area (Å²) >= 11 is 4.95. The highest BCUT2D eigenvalue weighted by molar-refractivity contribution is 9.10. The van der Waals surface area contributed by atoms with Crippen LogP contribution >= 0.6 is 27.7 Å². The van der Waals surface area contributed by atoms with Crippen LogP contribution < -0.4 is 14.2 Å². The van der Waals surface area contributed by atoms with Gasteiger partial charge in [0.1, 0.15) is 12.4 Å². The van der Waals surface area contributed by atoms with E-state index in [0.717, 1.165) is 21.5 Å². The average Bonchev–Trinajstić information content (AvgIpc) is 3.15. The quantitative estimate of drug-likeness (QED) is 0.541. The van der Waals surface area contributed by atoms with Gasteiger partial charge in [-0.15, -0.1) is 10.2 Å². The predicted molar refractivity (Wildman–Crippen MR) is 99.9 cm³/mol. The molecular weight excluding hydrogens is 420 g/mol. The van der Waals surface area contributed by atoms with Crippen molar-refractivity contribution in [3.05, 3.63) is 58.4 Å². The maximum absolute atomic E-state index is 5.88. The number of benzene rings is 2. The number of fused-ring (bicyclic) bond motifs is 1. The van der Waals surface area contributed by atoms with Crippen LogP contribution in [0.25, 0.3) is 0 Å². The van der Waals surface area contributed by atoms with Gasteiger partial charge in [-0.05, 0) is 45.8 Å².